The summed E-state index contributed by atoms with van der Waals surface area (Å²) >= 11 is 6.01. The molecule has 1 N–H and O–H groups in total. The van der Waals surface area contributed by atoms with E-state index >= 15 is 0 Å². The lowest BCUT2D eigenvalue weighted by Crippen LogP contribution is -2.33. The van der Waals surface area contributed by atoms with Crippen molar-refractivity contribution < 1.29 is 13.5 Å². The summed E-state index contributed by atoms with van der Waals surface area (Å²) in [7, 11) is -3.19. The van der Waals surface area contributed by atoms with Crippen molar-refractivity contribution in [1.82, 2.24) is 0 Å². The van der Waals surface area contributed by atoms with E-state index in [1.54, 1.807) is 18.2 Å². The molecule has 0 aromatic heterocycles. The van der Waals surface area contributed by atoms with Gasteiger partial charge in [-0.15, -0.1) is 0 Å². The zero-order valence-electron chi connectivity index (χ0n) is 10.3. The van der Waals surface area contributed by atoms with Gasteiger partial charge in [0.15, 0.2) is 9.84 Å². The van der Waals surface area contributed by atoms with E-state index in [-0.39, 0.29) is 5.75 Å². The topological polar surface area (TPSA) is 54.4 Å². The summed E-state index contributed by atoms with van der Waals surface area (Å²) in [5.74, 6) is 0.175. The quantitative estimate of drug-likeness (QED) is 0.910. The van der Waals surface area contributed by atoms with Crippen molar-refractivity contribution >= 4 is 21.4 Å². The van der Waals surface area contributed by atoms with Crippen LogP contribution in [0.4, 0.5) is 0 Å². The smallest absolute Gasteiger partial charge is 0.156 e. The Morgan fingerprint density at radius 1 is 1.39 bits per heavy atom. The molecule has 100 valence electrons. The normalized spacial score (nSPS) is 24.7. The van der Waals surface area contributed by atoms with Gasteiger partial charge in [0.25, 0.3) is 0 Å². The number of hydrogen-bond donors (Lipinski definition) is 1. The molecule has 0 radical (unpaired) electrons. The first-order valence-electron chi connectivity index (χ1n) is 6.07. The molecule has 1 saturated heterocycles. The number of aryl methyl sites for hydroxylation is 1. The Hall–Kier alpha value is -0.580. The minimum absolute atomic E-state index is 0.175. The van der Waals surface area contributed by atoms with E-state index in [4.69, 9.17) is 11.6 Å². The van der Waals surface area contributed by atoms with E-state index < -0.39 is 21.2 Å². The van der Waals surface area contributed by atoms with E-state index in [0.29, 0.717) is 23.4 Å². The van der Waals surface area contributed by atoms with Crippen molar-refractivity contribution in [3.63, 3.8) is 0 Å². The lowest BCUT2D eigenvalue weighted by atomic mass is 10.0. The highest BCUT2D eigenvalue weighted by atomic mass is 35.5. The van der Waals surface area contributed by atoms with Gasteiger partial charge in [-0.25, -0.2) is 8.42 Å². The van der Waals surface area contributed by atoms with Gasteiger partial charge in [0.1, 0.15) is 0 Å². The number of aliphatic hydroxyl groups is 1. The standard InChI is InChI=1S/C13H17ClO3S/c1-9-5-6-10(8-11(9)14)13(15)12-4-2-3-7-18(12,16)17/h5-6,8,12-13,15H,2-4,7H2,1H3. The van der Waals surface area contributed by atoms with Crippen LogP contribution in [0, 0.1) is 6.92 Å². The Labute approximate surface area is 113 Å². The van der Waals surface area contributed by atoms with Crippen molar-refractivity contribution in [3.8, 4) is 0 Å². The van der Waals surface area contributed by atoms with Crippen molar-refractivity contribution in [2.45, 2.75) is 37.5 Å². The molecule has 1 aromatic rings. The fourth-order valence-corrected chi connectivity index (χ4v) is 4.52. The SMILES string of the molecule is Cc1ccc(C(O)C2CCCCS2(=O)=O)cc1Cl. The second-order valence-electron chi connectivity index (χ2n) is 4.85. The molecule has 5 heteroatoms. The van der Waals surface area contributed by atoms with E-state index in [2.05, 4.69) is 0 Å². The van der Waals surface area contributed by atoms with Crippen LogP contribution < -0.4 is 0 Å². The lowest BCUT2D eigenvalue weighted by Gasteiger charge is -2.27. The Morgan fingerprint density at radius 2 is 2.11 bits per heavy atom. The molecule has 0 bridgehead atoms. The Bertz CT molecular complexity index is 539. The predicted octanol–water partition coefficient (Wildman–Crippen LogP) is 2.65. The zero-order valence-corrected chi connectivity index (χ0v) is 11.8. The van der Waals surface area contributed by atoms with Gasteiger partial charge in [-0.05, 0) is 37.0 Å². The molecule has 2 atom stereocenters. The summed E-state index contributed by atoms with van der Waals surface area (Å²) in [6, 6.07) is 5.21. The highest BCUT2D eigenvalue weighted by Gasteiger charge is 2.35. The second-order valence-corrected chi connectivity index (χ2v) is 7.60. The van der Waals surface area contributed by atoms with Crippen LogP contribution in [0.3, 0.4) is 0 Å². The van der Waals surface area contributed by atoms with Crippen LogP contribution in [0.5, 0.6) is 0 Å². The highest BCUT2D eigenvalue weighted by molar-refractivity contribution is 7.92. The summed E-state index contributed by atoms with van der Waals surface area (Å²) in [5, 5.41) is 10.1. The van der Waals surface area contributed by atoms with Crippen LogP contribution in [0.25, 0.3) is 0 Å². The Balaban J connectivity index is 2.30. The minimum Gasteiger partial charge on any atom is -0.387 e. The number of sulfone groups is 1. The summed E-state index contributed by atoms with van der Waals surface area (Å²) in [6.07, 6.45) is 1.09. The molecule has 1 fully saturated rings. The lowest BCUT2D eigenvalue weighted by molar-refractivity contribution is 0.164. The van der Waals surface area contributed by atoms with Gasteiger partial charge in [0.2, 0.25) is 0 Å². The summed E-state index contributed by atoms with van der Waals surface area (Å²) in [5.41, 5.74) is 1.50. The van der Waals surface area contributed by atoms with Crippen LogP contribution in [0.1, 0.15) is 36.5 Å². The molecule has 3 nitrogen and oxygen atoms in total. The molecule has 18 heavy (non-hydrogen) atoms. The van der Waals surface area contributed by atoms with Gasteiger partial charge in [-0.1, -0.05) is 30.2 Å². The van der Waals surface area contributed by atoms with Crippen molar-refractivity contribution in [3.05, 3.63) is 34.3 Å². The van der Waals surface area contributed by atoms with Gasteiger partial charge in [-0.3, -0.25) is 0 Å². The van der Waals surface area contributed by atoms with E-state index in [1.807, 2.05) is 6.92 Å². The Kier molecular flexibility index (Phi) is 3.99. The number of aliphatic hydroxyl groups excluding tert-OH is 1. The molecule has 1 aliphatic rings. The van der Waals surface area contributed by atoms with Gasteiger partial charge in [0, 0.05) is 5.02 Å². The highest BCUT2D eigenvalue weighted by Crippen LogP contribution is 2.32. The van der Waals surface area contributed by atoms with Crippen LogP contribution in [0.15, 0.2) is 18.2 Å². The Morgan fingerprint density at radius 3 is 2.72 bits per heavy atom. The molecule has 0 spiro atoms. The number of rotatable bonds is 2. The molecule has 2 rings (SSSR count). The molecule has 1 heterocycles. The summed E-state index contributed by atoms with van der Waals surface area (Å²) in [4.78, 5) is 0. The van der Waals surface area contributed by atoms with Gasteiger partial charge in [-0.2, -0.15) is 0 Å². The largest absolute Gasteiger partial charge is 0.387 e. The molecule has 1 aromatic carbocycles. The maximum Gasteiger partial charge on any atom is 0.156 e. The molecule has 2 unspecified atom stereocenters. The number of hydrogen-bond acceptors (Lipinski definition) is 3. The minimum atomic E-state index is -3.19. The van der Waals surface area contributed by atoms with Gasteiger partial charge in [0.05, 0.1) is 17.1 Å². The first kappa shape index (κ1) is 13.8. The third-order valence-electron chi connectivity index (χ3n) is 3.52. The van der Waals surface area contributed by atoms with Crippen molar-refractivity contribution in [2.24, 2.45) is 0 Å². The fraction of sp³-hybridized carbons (Fsp3) is 0.538. The third kappa shape index (κ3) is 2.71. The molecule has 0 aliphatic carbocycles. The molecular weight excluding hydrogens is 272 g/mol. The third-order valence-corrected chi connectivity index (χ3v) is 6.20. The fourth-order valence-electron chi connectivity index (χ4n) is 2.34. The maximum absolute atomic E-state index is 12.0. The van der Waals surface area contributed by atoms with Crippen LogP contribution in [-0.2, 0) is 9.84 Å². The molecular formula is C13H17ClO3S. The first-order chi connectivity index (χ1) is 8.42. The molecule has 1 aliphatic heterocycles. The second kappa shape index (κ2) is 5.19. The monoisotopic (exact) mass is 288 g/mol. The molecule has 0 saturated carbocycles. The average Bonchev–Trinajstić information content (AvgIpc) is 2.31. The molecule has 0 amide bonds. The number of benzene rings is 1. The maximum atomic E-state index is 12.0. The van der Waals surface area contributed by atoms with E-state index in [9.17, 15) is 13.5 Å². The van der Waals surface area contributed by atoms with Crippen LogP contribution >= 0.6 is 11.6 Å². The van der Waals surface area contributed by atoms with E-state index in [1.165, 1.54) is 0 Å². The van der Waals surface area contributed by atoms with Gasteiger partial charge >= 0.3 is 0 Å². The first-order valence-corrected chi connectivity index (χ1v) is 8.17. The zero-order chi connectivity index (χ0) is 13.3. The van der Waals surface area contributed by atoms with Gasteiger partial charge < -0.3 is 5.11 Å². The van der Waals surface area contributed by atoms with Crippen molar-refractivity contribution in [1.29, 1.82) is 0 Å². The van der Waals surface area contributed by atoms with Crippen LogP contribution in [0.2, 0.25) is 5.02 Å². The predicted molar refractivity (Wildman–Crippen MR) is 72.6 cm³/mol. The van der Waals surface area contributed by atoms with Crippen LogP contribution in [-0.4, -0.2) is 24.5 Å². The summed E-state index contributed by atoms with van der Waals surface area (Å²) in [6.45, 7) is 1.87. The van der Waals surface area contributed by atoms with E-state index in [0.717, 1.165) is 12.0 Å². The average molecular weight is 289 g/mol. The number of halogens is 1. The van der Waals surface area contributed by atoms with Crippen molar-refractivity contribution in [2.75, 3.05) is 5.75 Å². The summed E-state index contributed by atoms with van der Waals surface area (Å²) < 4.78 is 23.9.